The lowest BCUT2D eigenvalue weighted by molar-refractivity contribution is -0.132. The van der Waals surface area contributed by atoms with Crippen molar-refractivity contribution in [2.45, 2.75) is 53.1 Å². The van der Waals surface area contributed by atoms with E-state index in [0.717, 1.165) is 66.6 Å². The van der Waals surface area contributed by atoms with Gasteiger partial charge in [-0.05, 0) is 58.4 Å². The molecule has 1 aliphatic rings. The van der Waals surface area contributed by atoms with Crippen LogP contribution in [0.5, 0.6) is 5.75 Å². The molecule has 9 nitrogen and oxygen atoms in total. The first-order valence-electron chi connectivity index (χ1n) is 11.8. The molecule has 0 saturated carbocycles. The molecule has 9 heteroatoms. The average Bonchev–Trinajstić information content (AvgIpc) is 3.38. The zero-order chi connectivity index (χ0) is 24.1. The first-order chi connectivity index (χ1) is 16.4. The van der Waals surface area contributed by atoms with Gasteiger partial charge in [0.05, 0.1) is 18.7 Å². The topological polar surface area (TPSA) is 97.7 Å². The zero-order valence-corrected chi connectivity index (χ0v) is 20.4. The van der Waals surface area contributed by atoms with Gasteiger partial charge in [0.25, 0.3) is 0 Å². The van der Waals surface area contributed by atoms with Gasteiger partial charge in [0.1, 0.15) is 22.9 Å². The second-order valence-electron chi connectivity index (χ2n) is 9.25. The molecule has 0 radical (unpaired) electrons. The van der Waals surface area contributed by atoms with Crippen LogP contribution in [0.25, 0.3) is 0 Å². The molecule has 4 rings (SSSR count). The quantitative estimate of drug-likeness (QED) is 0.472. The summed E-state index contributed by atoms with van der Waals surface area (Å²) in [6, 6.07) is 8.19. The van der Waals surface area contributed by atoms with Gasteiger partial charge in [-0.15, -0.1) is 0 Å². The first-order valence-corrected chi connectivity index (χ1v) is 11.8. The van der Waals surface area contributed by atoms with Crippen molar-refractivity contribution < 1.29 is 18.7 Å². The van der Waals surface area contributed by atoms with Crippen molar-refractivity contribution in [1.82, 2.24) is 25.3 Å². The molecular weight excluding hydrogens is 434 g/mol. The Bertz CT molecular complexity index is 1070. The van der Waals surface area contributed by atoms with Gasteiger partial charge in [-0.25, -0.2) is 4.63 Å². The second kappa shape index (κ2) is 10.8. The minimum Gasteiger partial charge on any atom is -0.493 e. The summed E-state index contributed by atoms with van der Waals surface area (Å²) >= 11 is 0. The molecule has 1 atom stereocenters. The van der Waals surface area contributed by atoms with Crippen molar-refractivity contribution in [3.05, 3.63) is 58.2 Å². The third-order valence-electron chi connectivity index (χ3n) is 6.41. The molecule has 3 heterocycles. The summed E-state index contributed by atoms with van der Waals surface area (Å²) in [5, 5.41) is 11.7. The highest BCUT2D eigenvalue weighted by molar-refractivity contribution is 5.79. The highest BCUT2D eigenvalue weighted by Crippen LogP contribution is 2.22. The molecule has 0 spiro atoms. The van der Waals surface area contributed by atoms with Crippen LogP contribution in [0.4, 0.5) is 0 Å². The smallest absolute Gasteiger partial charge is 0.227 e. The van der Waals surface area contributed by atoms with E-state index in [1.165, 1.54) is 5.56 Å². The van der Waals surface area contributed by atoms with Gasteiger partial charge in [0.15, 0.2) is 0 Å². The third kappa shape index (κ3) is 6.02. The van der Waals surface area contributed by atoms with E-state index in [-0.39, 0.29) is 5.91 Å². The normalized spacial score (nSPS) is 16.3. The van der Waals surface area contributed by atoms with E-state index in [4.69, 9.17) is 13.9 Å². The van der Waals surface area contributed by atoms with Gasteiger partial charge in [-0.3, -0.25) is 9.69 Å². The number of likely N-dealkylation sites (tertiary alicyclic amines) is 1. The van der Waals surface area contributed by atoms with E-state index in [9.17, 15) is 4.79 Å². The van der Waals surface area contributed by atoms with Crippen LogP contribution in [0.1, 0.15) is 46.8 Å². The molecule has 3 aromatic rings. The Morgan fingerprint density at radius 2 is 1.91 bits per heavy atom. The fourth-order valence-electron chi connectivity index (χ4n) is 4.37. The van der Waals surface area contributed by atoms with Crippen molar-refractivity contribution >= 4 is 5.91 Å². The minimum absolute atomic E-state index is 0.129. The number of hydrogen-bond acceptors (Lipinski definition) is 8. The van der Waals surface area contributed by atoms with Crippen LogP contribution in [0, 0.1) is 26.7 Å². The lowest BCUT2D eigenvalue weighted by atomic mass is 9.98. The van der Waals surface area contributed by atoms with E-state index in [2.05, 4.69) is 32.5 Å². The van der Waals surface area contributed by atoms with Crippen LogP contribution in [-0.2, 0) is 24.3 Å². The number of hydrogen-bond donors (Lipinski definition) is 0. The predicted octanol–water partition coefficient (Wildman–Crippen LogP) is 3.47. The number of ether oxygens (including phenoxy) is 1. The number of amides is 1. The zero-order valence-electron chi connectivity index (χ0n) is 20.4. The molecule has 1 aromatic carbocycles. The summed E-state index contributed by atoms with van der Waals surface area (Å²) in [5.74, 6) is 2.03. The summed E-state index contributed by atoms with van der Waals surface area (Å²) in [6.07, 6.45) is 2.40. The molecule has 1 saturated heterocycles. The van der Waals surface area contributed by atoms with Crippen molar-refractivity contribution in [3.8, 4) is 5.75 Å². The van der Waals surface area contributed by atoms with Crippen LogP contribution in [0.2, 0.25) is 0 Å². The average molecular weight is 468 g/mol. The van der Waals surface area contributed by atoms with Gasteiger partial charge in [-0.1, -0.05) is 27.6 Å². The van der Waals surface area contributed by atoms with Gasteiger partial charge in [0, 0.05) is 37.7 Å². The Balaban J connectivity index is 1.23. The Morgan fingerprint density at radius 1 is 1.12 bits per heavy atom. The van der Waals surface area contributed by atoms with Gasteiger partial charge in [-0.2, -0.15) is 0 Å². The Labute approximate surface area is 200 Å². The minimum atomic E-state index is 0.129. The van der Waals surface area contributed by atoms with Crippen LogP contribution in [0.15, 0.2) is 33.4 Å². The molecule has 0 N–H and O–H groups in total. The van der Waals surface area contributed by atoms with Crippen LogP contribution < -0.4 is 4.74 Å². The fraction of sp³-hybridized carbons (Fsp3) is 0.520. The maximum atomic E-state index is 12.8. The standard InChI is InChI=1S/C25H33N5O4/c1-17-23(19(3)33-26-17)12-25(31)30-11-5-6-21(14-30)16-32-22-9-7-20(8-10-22)13-29(4)15-24-18(2)27-34-28-24/h7-10,21H,5-6,11-16H2,1-4H3. The largest absolute Gasteiger partial charge is 0.493 e. The van der Waals surface area contributed by atoms with Crippen LogP contribution in [-0.4, -0.2) is 57.9 Å². The maximum Gasteiger partial charge on any atom is 0.227 e. The van der Waals surface area contributed by atoms with Gasteiger partial charge >= 0.3 is 0 Å². The Morgan fingerprint density at radius 3 is 2.59 bits per heavy atom. The number of benzene rings is 1. The molecule has 2 aromatic heterocycles. The second-order valence-corrected chi connectivity index (χ2v) is 9.25. The highest BCUT2D eigenvalue weighted by atomic mass is 16.6. The van der Waals surface area contributed by atoms with E-state index in [0.29, 0.717) is 25.5 Å². The number of carbonyl (C=O) groups excluding carboxylic acids is 1. The lowest BCUT2D eigenvalue weighted by Crippen LogP contribution is -2.42. The van der Waals surface area contributed by atoms with Crippen molar-refractivity contribution in [2.75, 3.05) is 26.7 Å². The van der Waals surface area contributed by atoms with E-state index >= 15 is 0 Å². The molecule has 0 bridgehead atoms. The monoisotopic (exact) mass is 467 g/mol. The maximum absolute atomic E-state index is 12.8. The summed E-state index contributed by atoms with van der Waals surface area (Å²) in [5.41, 5.74) is 4.57. The van der Waals surface area contributed by atoms with Crippen molar-refractivity contribution in [2.24, 2.45) is 5.92 Å². The number of rotatable bonds is 9. The fourth-order valence-corrected chi connectivity index (χ4v) is 4.37. The SMILES string of the molecule is Cc1nonc1CN(C)Cc1ccc(OCC2CCCN(C(=O)Cc3c(C)noc3C)C2)cc1. The molecule has 1 aliphatic heterocycles. The van der Waals surface area contributed by atoms with Crippen molar-refractivity contribution in [3.63, 3.8) is 0 Å². The number of piperidine rings is 1. The van der Waals surface area contributed by atoms with Gasteiger partial charge < -0.3 is 14.2 Å². The third-order valence-corrected chi connectivity index (χ3v) is 6.41. The number of carbonyl (C=O) groups is 1. The predicted molar refractivity (Wildman–Crippen MR) is 125 cm³/mol. The van der Waals surface area contributed by atoms with E-state index < -0.39 is 0 Å². The lowest BCUT2D eigenvalue weighted by Gasteiger charge is -2.32. The molecule has 1 unspecified atom stereocenters. The highest BCUT2D eigenvalue weighted by Gasteiger charge is 2.25. The molecule has 1 fully saturated rings. The molecule has 0 aliphatic carbocycles. The van der Waals surface area contributed by atoms with Crippen molar-refractivity contribution in [1.29, 1.82) is 0 Å². The first kappa shape index (κ1) is 23.9. The summed E-state index contributed by atoms with van der Waals surface area (Å²) in [4.78, 5) is 17.0. The Kier molecular flexibility index (Phi) is 7.62. The van der Waals surface area contributed by atoms with Gasteiger partial charge in [0.2, 0.25) is 5.91 Å². The summed E-state index contributed by atoms with van der Waals surface area (Å²) in [7, 11) is 2.04. The molecule has 1 amide bonds. The number of aryl methyl sites for hydroxylation is 3. The summed E-state index contributed by atoms with van der Waals surface area (Å²) in [6.45, 7) is 9.22. The van der Waals surface area contributed by atoms with Crippen LogP contribution in [0.3, 0.4) is 0 Å². The molecule has 34 heavy (non-hydrogen) atoms. The number of aromatic nitrogens is 3. The summed E-state index contributed by atoms with van der Waals surface area (Å²) < 4.78 is 16.0. The van der Waals surface area contributed by atoms with E-state index in [1.807, 2.05) is 44.9 Å². The van der Waals surface area contributed by atoms with E-state index in [1.54, 1.807) is 0 Å². The van der Waals surface area contributed by atoms with Crippen LogP contribution >= 0.6 is 0 Å². The molecular formula is C25H33N5O4. The Hall–Kier alpha value is -3.20. The number of nitrogens with zero attached hydrogens (tertiary/aromatic N) is 5. The molecule has 182 valence electrons.